The first-order valence-electron chi connectivity index (χ1n) is 9.67. The molecule has 136 valence electrons. The third-order valence-electron chi connectivity index (χ3n) is 8.69. The minimum atomic E-state index is -0.485. The molecule has 4 heteroatoms. The lowest BCUT2D eigenvalue weighted by molar-refractivity contribution is -0.160. The zero-order valence-electron chi connectivity index (χ0n) is 15.2. The van der Waals surface area contributed by atoms with Crippen molar-refractivity contribution in [2.24, 2.45) is 34.0 Å². The summed E-state index contributed by atoms with van der Waals surface area (Å²) in [5.74, 6) is 1.83. The van der Waals surface area contributed by atoms with E-state index in [1.54, 1.807) is 0 Å². The second kappa shape index (κ2) is 5.44. The lowest BCUT2D eigenvalue weighted by Crippen LogP contribution is -2.56. The Bertz CT molecular complexity index is 551. The van der Waals surface area contributed by atoms with E-state index in [1.165, 1.54) is 6.42 Å². The van der Waals surface area contributed by atoms with Crippen molar-refractivity contribution in [2.75, 3.05) is 13.0 Å². The molecule has 0 aliphatic heterocycles. The molecule has 0 aromatic carbocycles. The summed E-state index contributed by atoms with van der Waals surface area (Å²) in [6.07, 6.45) is 6.58. The lowest BCUT2D eigenvalue weighted by atomic mass is 9.50. The first-order valence-corrected chi connectivity index (χ1v) is 10.2. The van der Waals surface area contributed by atoms with E-state index in [1.807, 2.05) is 14.0 Å². The van der Waals surface area contributed by atoms with Gasteiger partial charge in [0.15, 0.2) is 0 Å². The quantitative estimate of drug-likeness (QED) is 0.784. The van der Waals surface area contributed by atoms with Crippen LogP contribution < -0.4 is 0 Å². The normalized spacial score (nSPS) is 56.2. The molecule has 8 atom stereocenters. The fourth-order valence-electron chi connectivity index (χ4n) is 7.33. The highest BCUT2D eigenvalue weighted by molar-refractivity contribution is 6.18. The van der Waals surface area contributed by atoms with Crippen LogP contribution in [-0.4, -0.2) is 36.1 Å². The molecule has 4 rings (SSSR count). The number of methoxy groups -OCH3 is 1. The third kappa shape index (κ3) is 1.95. The summed E-state index contributed by atoms with van der Waals surface area (Å²) in [6.45, 7) is 4.20. The van der Waals surface area contributed by atoms with Gasteiger partial charge < -0.3 is 9.84 Å². The van der Waals surface area contributed by atoms with Gasteiger partial charge >= 0.3 is 0 Å². The molecule has 4 aliphatic carbocycles. The molecule has 4 fully saturated rings. The van der Waals surface area contributed by atoms with Crippen molar-refractivity contribution in [3.63, 3.8) is 0 Å². The number of alkyl halides is 1. The summed E-state index contributed by atoms with van der Waals surface area (Å²) >= 11 is 6.05. The van der Waals surface area contributed by atoms with Gasteiger partial charge in [-0.15, -0.1) is 11.6 Å². The van der Waals surface area contributed by atoms with Crippen molar-refractivity contribution in [3.05, 3.63) is 0 Å². The van der Waals surface area contributed by atoms with Crippen LogP contribution in [0.5, 0.6) is 0 Å². The second-order valence-corrected chi connectivity index (χ2v) is 9.76. The van der Waals surface area contributed by atoms with Crippen LogP contribution in [0.3, 0.4) is 0 Å². The fourth-order valence-corrected chi connectivity index (χ4v) is 7.75. The highest BCUT2D eigenvalue weighted by Crippen LogP contribution is 2.77. The Labute approximate surface area is 150 Å². The largest absolute Gasteiger partial charge is 0.392 e. The molecule has 2 unspecified atom stereocenters. The maximum Gasteiger partial charge on any atom is 0.142 e. The molecule has 0 aromatic heterocycles. The minimum absolute atomic E-state index is 0.00202. The van der Waals surface area contributed by atoms with Crippen molar-refractivity contribution < 1.29 is 14.6 Å². The van der Waals surface area contributed by atoms with Crippen molar-refractivity contribution in [2.45, 2.75) is 71.0 Å². The van der Waals surface area contributed by atoms with E-state index in [-0.39, 0.29) is 22.9 Å². The maximum atomic E-state index is 13.5. The van der Waals surface area contributed by atoms with Crippen molar-refractivity contribution in [1.29, 1.82) is 0 Å². The highest BCUT2D eigenvalue weighted by Gasteiger charge is 2.75. The van der Waals surface area contributed by atoms with Crippen LogP contribution in [0.2, 0.25) is 0 Å². The van der Waals surface area contributed by atoms with Gasteiger partial charge in [-0.05, 0) is 62.2 Å². The van der Waals surface area contributed by atoms with Crippen LogP contribution in [0.4, 0.5) is 0 Å². The van der Waals surface area contributed by atoms with E-state index in [0.717, 1.165) is 25.7 Å². The summed E-state index contributed by atoms with van der Waals surface area (Å²) in [5.41, 5.74) is -0.459. The van der Waals surface area contributed by atoms with Gasteiger partial charge in [-0.2, -0.15) is 0 Å². The molecule has 1 N–H and O–H groups in total. The van der Waals surface area contributed by atoms with E-state index in [4.69, 9.17) is 16.3 Å². The Morgan fingerprint density at radius 2 is 2.00 bits per heavy atom. The zero-order chi connectivity index (χ0) is 17.3. The van der Waals surface area contributed by atoms with Gasteiger partial charge in [0.2, 0.25) is 0 Å². The van der Waals surface area contributed by atoms with Gasteiger partial charge in [0.05, 0.1) is 12.2 Å². The Morgan fingerprint density at radius 3 is 2.67 bits per heavy atom. The number of hydrogen-bond acceptors (Lipinski definition) is 3. The number of carbonyl (C=O) groups excluding carboxylic acids is 1. The Hall–Kier alpha value is -0.120. The number of ketones is 1. The van der Waals surface area contributed by atoms with Gasteiger partial charge in [0.1, 0.15) is 5.78 Å². The number of aliphatic hydroxyl groups is 1. The molecule has 0 heterocycles. The number of ether oxygens (including phenoxy) is 1. The maximum absolute atomic E-state index is 13.5. The number of hydrogen-bond donors (Lipinski definition) is 1. The molecular formula is C20H31ClO3. The highest BCUT2D eigenvalue weighted by atomic mass is 35.5. The number of aliphatic hydroxyl groups excluding tert-OH is 1. The Kier molecular flexibility index (Phi) is 3.92. The summed E-state index contributed by atoms with van der Waals surface area (Å²) in [7, 11) is 1.81. The number of halogens is 1. The standard InChI is InChI=1S/C20H31ClO3/c1-12-17(23)18(2,8-9-21)11-15(22)20-10-13(20)4-6-19(12)7-5-14(24-3)16(19)20/h12-16,22H,4-11H2,1-3H3/t12-,13-,14+,15+,16?,18+,19?,20-/m0/s1. The Balaban J connectivity index is 1.83. The zero-order valence-corrected chi connectivity index (χ0v) is 15.9. The van der Waals surface area contributed by atoms with Crippen molar-refractivity contribution in [3.8, 4) is 0 Å². The average molecular weight is 355 g/mol. The summed E-state index contributed by atoms with van der Waals surface area (Å²) < 4.78 is 5.89. The lowest BCUT2D eigenvalue weighted by Gasteiger charge is -2.54. The van der Waals surface area contributed by atoms with Gasteiger partial charge in [0.25, 0.3) is 0 Å². The van der Waals surface area contributed by atoms with Crippen LogP contribution in [0.25, 0.3) is 0 Å². The van der Waals surface area contributed by atoms with Crippen molar-refractivity contribution >= 4 is 17.4 Å². The minimum Gasteiger partial charge on any atom is -0.392 e. The summed E-state index contributed by atoms with van der Waals surface area (Å²) in [6, 6.07) is 0. The summed E-state index contributed by atoms with van der Waals surface area (Å²) in [4.78, 5) is 13.5. The number of carbonyl (C=O) groups is 1. The fraction of sp³-hybridized carbons (Fsp3) is 0.950. The molecule has 0 aromatic rings. The Morgan fingerprint density at radius 1 is 1.29 bits per heavy atom. The first kappa shape index (κ1) is 17.3. The van der Waals surface area contributed by atoms with Crippen LogP contribution in [0.15, 0.2) is 0 Å². The number of rotatable bonds is 3. The molecule has 24 heavy (non-hydrogen) atoms. The topological polar surface area (TPSA) is 46.5 Å². The van der Waals surface area contributed by atoms with Crippen LogP contribution in [0, 0.1) is 34.0 Å². The predicted molar refractivity (Wildman–Crippen MR) is 94.0 cm³/mol. The smallest absolute Gasteiger partial charge is 0.142 e. The van der Waals surface area contributed by atoms with Gasteiger partial charge in [0, 0.05) is 29.7 Å². The molecule has 2 bridgehead atoms. The van der Waals surface area contributed by atoms with E-state index < -0.39 is 11.5 Å². The second-order valence-electron chi connectivity index (χ2n) is 9.38. The van der Waals surface area contributed by atoms with E-state index in [2.05, 4.69) is 6.92 Å². The van der Waals surface area contributed by atoms with E-state index in [9.17, 15) is 9.90 Å². The van der Waals surface area contributed by atoms with Gasteiger partial charge in [-0.3, -0.25) is 4.79 Å². The molecular weight excluding hydrogens is 324 g/mol. The first-order chi connectivity index (χ1) is 11.4. The van der Waals surface area contributed by atoms with E-state index in [0.29, 0.717) is 36.3 Å². The van der Waals surface area contributed by atoms with Gasteiger partial charge in [-0.25, -0.2) is 0 Å². The van der Waals surface area contributed by atoms with Crippen LogP contribution in [-0.2, 0) is 9.53 Å². The molecule has 3 nitrogen and oxygen atoms in total. The van der Waals surface area contributed by atoms with Gasteiger partial charge in [-0.1, -0.05) is 13.8 Å². The number of Topliss-reactive ketones (excluding diaryl/α,β-unsaturated/α-hetero) is 1. The molecule has 0 radical (unpaired) electrons. The summed E-state index contributed by atoms with van der Waals surface area (Å²) in [5, 5.41) is 11.3. The van der Waals surface area contributed by atoms with E-state index >= 15 is 0 Å². The average Bonchev–Trinajstić information content (AvgIpc) is 3.19. The van der Waals surface area contributed by atoms with Crippen LogP contribution in [0.1, 0.15) is 58.8 Å². The molecule has 1 spiro atoms. The molecule has 0 saturated heterocycles. The molecule has 4 aliphatic rings. The van der Waals surface area contributed by atoms with Crippen molar-refractivity contribution in [1.82, 2.24) is 0 Å². The molecule has 4 saturated carbocycles. The third-order valence-corrected chi connectivity index (χ3v) is 8.88. The monoisotopic (exact) mass is 354 g/mol. The SMILES string of the molecule is CO[C@@H]1CCC23CC[C@H]4C[C@@]4(C12)[C@H](O)C[C@@](C)(CCCl)C(=O)[C@@H]3C. The van der Waals surface area contributed by atoms with Crippen LogP contribution >= 0.6 is 11.6 Å². The predicted octanol–water partition coefficient (Wildman–Crippen LogP) is 3.80. The molecule has 0 amide bonds.